The molecule has 1 aliphatic rings. The van der Waals surface area contributed by atoms with Crippen molar-refractivity contribution in [1.82, 2.24) is 0 Å². The Bertz CT molecular complexity index is 243. The van der Waals surface area contributed by atoms with Crippen LogP contribution < -0.4 is 0 Å². The number of carboxylic acids is 1. The normalized spacial score (nSPS) is 43.7. The van der Waals surface area contributed by atoms with Gasteiger partial charge in [-0.3, -0.25) is 0 Å². The first-order valence-corrected chi connectivity index (χ1v) is 4.46. The number of ether oxygens (including phenoxy) is 1. The summed E-state index contributed by atoms with van der Waals surface area (Å²) >= 11 is 0. The van der Waals surface area contributed by atoms with E-state index in [2.05, 4.69) is 0 Å². The number of hydrogen-bond donors (Lipinski definition) is 5. The molecule has 0 aliphatic carbocycles. The van der Waals surface area contributed by atoms with E-state index in [1.165, 1.54) is 6.92 Å². The molecule has 1 fully saturated rings. The van der Waals surface area contributed by atoms with Gasteiger partial charge in [0.15, 0.2) is 6.10 Å². The van der Waals surface area contributed by atoms with Crippen molar-refractivity contribution in [2.24, 2.45) is 0 Å². The molecular weight excluding hydrogens is 208 g/mol. The summed E-state index contributed by atoms with van der Waals surface area (Å²) < 4.78 is 4.91. The van der Waals surface area contributed by atoms with Crippen molar-refractivity contribution in [2.75, 3.05) is 0 Å². The summed E-state index contributed by atoms with van der Waals surface area (Å²) in [5.41, 5.74) is 0. The van der Waals surface area contributed by atoms with E-state index < -0.39 is 42.6 Å². The smallest absolute Gasteiger partial charge is 0.335 e. The Balaban J connectivity index is 2.78. The Labute approximate surface area is 85.5 Å². The molecule has 0 spiro atoms. The Morgan fingerprint density at radius 3 is 2.20 bits per heavy atom. The van der Waals surface area contributed by atoms with Crippen LogP contribution in [0.25, 0.3) is 0 Å². The fourth-order valence-electron chi connectivity index (χ4n) is 1.48. The SMILES string of the molecule is C[C@@H]1OC(C(O)C(=O)O)C(O)[C@H](O)[C@H]1O. The van der Waals surface area contributed by atoms with Crippen molar-refractivity contribution in [3.63, 3.8) is 0 Å². The molecule has 7 heteroatoms. The van der Waals surface area contributed by atoms with Crippen LogP contribution in [0.2, 0.25) is 0 Å². The third-order valence-electron chi connectivity index (χ3n) is 2.45. The molecule has 0 bridgehead atoms. The number of hydrogen-bond acceptors (Lipinski definition) is 6. The van der Waals surface area contributed by atoms with Crippen LogP contribution >= 0.6 is 0 Å². The summed E-state index contributed by atoms with van der Waals surface area (Å²) in [6, 6.07) is 0. The predicted molar refractivity (Wildman–Crippen MR) is 46.0 cm³/mol. The molecule has 0 aromatic carbocycles. The van der Waals surface area contributed by atoms with Gasteiger partial charge in [0.05, 0.1) is 6.10 Å². The van der Waals surface area contributed by atoms with Gasteiger partial charge in [-0.25, -0.2) is 4.79 Å². The van der Waals surface area contributed by atoms with Gasteiger partial charge in [0.25, 0.3) is 0 Å². The van der Waals surface area contributed by atoms with E-state index in [1.807, 2.05) is 0 Å². The standard InChI is InChI=1S/C8H14O7/c1-2-3(9)4(10)5(11)7(15-2)6(12)8(13)14/h2-7,9-12H,1H3,(H,13,14)/t2-,3-,4+,5?,6?,7?/m0/s1. The first-order valence-electron chi connectivity index (χ1n) is 4.46. The molecule has 7 nitrogen and oxygen atoms in total. The van der Waals surface area contributed by atoms with Gasteiger partial charge >= 0.3 is 5.97 Å². The lowest BCUT2D eigenvalue weighted by Gasteiger charge is -2.40. The number of rotatable bonds is 2. The first-order chi connectivity index (χ1) is 6.86. The predicted octanol–water partition coefficient (Wildman–Crippen LogP) is -2.70. The van der Waals surface area contributed by atoms with Gasteiger partial charge < -0.3 is 30.3 Å². The molecule has 5 N–H and O–H groups in total. The van der Waals surface area contributed by atoms with Crippen LogP contribution in [0.4, 0.5) is 0 Å². The van der Waals surface area contributed by atoms with E-state index in [1.54, 1.807) is 0 Å². The Morgan fingerprint density at radius 2 is 1.73 bits per heavy atom. The quantitative estimate of drug-likeness (QED) is 0.344. The maximum Gasteiger partial charge on any atom is 0.335 e. The van der Waals surface area contributed by atoms with Crippen molar-refractivity contribution in [3.05, 3.63) is 0 Å². The molecule has 1 rings (SSSR count). The highest BCUT2D eigenvalue weighted by Crippen LogP contribution is 2.23. The van der Waals surface area contributed by atoms with Gasteiger partial charge in [-0.15, -0.1) is 0 Å². The minimum atomic E-state index is -1.94. The van der Waals surface area contributed by atoms with Gasteiger partial charge in [0.1, 0.15) is 24.4 Å². The lowest BCUT2D eigenvalue weighted by Crippen LogP contribution is -2.61. The number of aliphatic hydroxyl groups is 4. The molecule has 88 valence electrons. The zero-order valence-corrected chi connectivity index (χ0v) is 8.02. The number of aliphatic hydroxyl groups excluding tert-OH is 4. The topological polar surface area (TPSA) is 127 Å². The average molecular weight is 222 g/mol. The highest BCUT2D eigenvalue weighted by Gasteiger charge is 2.46. The van der Waals surface area contributed by atoms with Crippen LogP contribution in [0.3, 0.4) is 0 Å². The molecule has 1 heterocycles. The minimum absolute atomic E-state index is 0.859. The molecule has 6 atom stereocenters. The van der Waals surface area contributed by atoms with Crippen LogP contribution in [-0.4, -0.2) is 68.1 Å². The van der Waals surface area contributed by atoms with Gasteiger partial charge in [0, 0.05) is 0 Å². The highest BCUT2D eigenvalue weighted by molar-refractivity contribution is 5.72. The van der Waals surface area contributed by atoms with Gasteiger partial charge in [0.2, 0.25) is 0 Å². The second-order valence-electron chi connectivity index (χ2n) is 3.56. The highest BCUT2D eigenvalue weighted by atomic mass is 16.5. The van der Waals surface area contributed by atoms with E-state index in [0.717, 1.165) is 0 Å². The Morgan fingerprint density at radius 1 is 1.20 bits per heavy atom. The number of carboxylic acid groups (broad SMARTS) is 1. The second kappa shape index (κ2) is 4.42. The van der Waals surface area contributed by atoms with Crippen LogP contribution in [0.1, 0.15) is 6.92 Å². The zero-order chi connectivity index (χ0) is 11.7. The maximum atomic E-state index is 10.5. The maximum absolute atomic E-state index is 10.5. The molecule has 1 aliphatic heterocycles. The van der Waals surface area contributed by atoms with Crippen molar-refractivity contribution in [2.45, 2.75) is 43.5 Å². The van der Waals surface area contributed by atoms with Gasteiger partial charge in [-0.2, -0.15) is 0 Å². The molecule has 0 saturated carbocycles. The molecular formula is C8H14O7. The van der Waals surface area contributed by atoms with E-state index in [9.17, 15) is 20.1 Å². The summed E-state index contributed by atoms with van der Waals surface area (Å²) in [6.07, 6.45) is -8.73. The van der Waals surface area contributed by atoms with Crippen LogP contribution in [-0.2, 0) is 9.53 Å². The largest absolute Gasteiger partial charge is 0.479 e. The van der Waals surface area contributed by atoms with Crippen LogP contribution in [0.15, 0.2) is 0 Å². The van der Waals surface area contributed by atoms with Gasteiger partial charge in [-0.1, -0.05) is 0 Å². The summed E-state index contributed by atoms with van der Waals surface area (Å²) in [6.45, 7) is 1.40. The number of carbonyl (C=O) groups is 1. The van der Waals surface area contributed by atoms with E-state index in [-0.39, 0.29) is 0 Å². The summed E-state index contributed by atoms with van der Waals surface area (Å²) in [4.78, 5) is 10.5. The fraction of sp³-hybridized carbons (Fsp3) is 0.875. The van der Waals surface area contributed by atoms with E-state index in [4.69, 9.17) is 14.9 Å². The molecule has 3 unspecified atom stereocenters. The van der Waals surface area contributed by atoms with E-state index >= 15 is 0 Å². The lowest BCUT2D eigenvalue weighted by atomic mass is 9.93. The average Bonchev–Trinajstić information content (AvgIpc) is 2.19. The van der Waals surface area contributed by atoms with Crippen molar-refractivity contribution in [1.29, 1.82) is 0 Å². The summed E-state index contributed by atoms with van der Waals surface area (Å²) in [5.74, 6) is -1.56. The summed E-state index contributed by atoms with van der Waals surface area (Å²) in [5, 5.41) is 45.7. The molecule has 0 aromatic rings. The molecule has 0 amide bonds. The van der Waals surface area contributed by atoms with Crippen LogP contribution in [0.5, 0.6) is 0 Å². The lowest BCUT2D eigenvalue weighted by molar-refractivity contribution is -0.239. The third-order valence-corrected chi connectivity index (χ3v) is 2.45. The van der Waals surface area contributed by atoms with E-state index in [0.29, 0.717) is 0 Å². The van der Waals surface area contributed by atoms with Crippen molar-refractivity contribution in [3.8, 4) is 0 Å². The van der Waals surface area contributed by atoms with Crippen molar-refractivity contribution < 1.29 is 35.1 Å². The van der Waals surface area contributed by atoms with Crippen LogP contribution in [0, 0.1) is 0 Å². The molecule has 15 heavy (non-hydrogen) atoms. The zero-order valence-electron chi connectivity index (χ0n) is 8.02. The monoisotopic (exact) mass is 222 g/mol. The van der Waals surface area contributed by atoms with Gasteiger partial charge in [-0.05, 0) is 6.92 Å². The Kier molecular flexibility index (Phi) is 3.63. The fourth-order valence-corrected chi connectivity index (χ4v) is 1.48. The molecule has 1 saturated heterocycles. The number of aliphatic carboxylic acids is 1. The first kappa shape index (κ1) is 12.3. The molecule has 0 radical (unpaired) electrons. The third kappa shape index (κ3) is 2.27. The summed E-state index contributed by atoms with van der Waals surface area (Å²) in [7, 11) is 0. The Hall–Kier alpha value is -0.730. The van der Waals surface area contributed by atoms with Crippen molar-refractivity contribution >= 4 is 5.97 Å². The minimum Gasteiger partial charge on any atom is -0.479 e. The second-order valence-corrected chi connectivity index (χ2v) is 3.56. The molecule has 0 aromatic heterocycles.